The van der Waals surface area contributed by atoms with Gasteiger partial charge in [-0.15, -0.1) is 0 Å². The molecule has 0 spiro atoms. The van der Waals surface area contributed by atoms with E-state index in [9.17, 15) is 5.11 Å². The summed E-state index contributed by atoms with van der Waals surface area (Å²) in [5.74, 6) is 0. The molecule has 0 aliphatic rings. The van der Waals surface area contributed by atoms with Crippen molar-refractivity contribution in [3.8, 4) is 0 Å². The van der Waals surface area contributed by atoms with Gasteiger partial charge in [0.1, 0.15) is 0 Å². The Hall–Kier alpha value is -0.610. The van der Waals surface area contributed by atoms with E-state index in [1.807, 2.05) is 12.1 Å². The van der Waals surface area contributed by atoms with E-state index in [1.165, 1.54) is 0 Å². The second kappa shape index (κ2) is 9.34. The number of ether oxygens (including phenoxy) is 1. The highest BCUT2D eigenvalue weighted by atomic mass is 35.5. The van der Waals surface area contributed by atoms with Gasteiger partial charge in [0, 0.05) is 24.7 Å². The molecule has 0 aliphatic heterocycles. The third kappa shape index (κ3) is 6.36. The second-order valence-electron chi connectivity index (χ2n) is 4.24. The highest BCUT2D eigenvalue weighted by Crippen LogP contribution is 2.15. The van der Waals surface area contributed by atoms with Crippen LogP contribution in [0.4, 0.5) is 0 Å². The number of rotatable bonds is 9. The standard InChI is InChI=1S/C14H22ClNO2/c1-2-3-9-18-10-8-16-11-14(17)12-4-6-13(15)7-5-12/h4-7,14,16-17H,2-3,8-11H2,1H3. The van der Waals surface area contributed by atoms with Crippen LogP contribution in [-0.4, -0.2) is 31.4 Å². The molecule has 1 atom stereocenters. The molecular weight excluding hydrogens is 250 g/mol. The molecule has 0 saturated carbocycles. The Kier molecular flexibility index (Phi) is 8.01. The summed E-state index contributed by atoms with van der Waals surface area (Å²) in [6, 6.07) is 7.25. The smallest absolute Gasteiger partial charge is 0.0914 e. The maximum Gasteiger partial charge on any atom is 0.0914 e. The van der Waals surface area contributed by atoms with Crippen molar-refractivity contribution in [2.45, 2.75) is 25.9 Å². The Morgan fingerprint density at radius 3 is 2.67 bits per heavy atom. The number of nitrogens with one attached hydrogen (secondary N) is 1. The van der Waals surface area contributed by atoms with Crippen molar-refractivity contribution < 1.29 is 9.84 Å². The van der Waals surface area contributed by atoms with Crippen LogP contribution in [0.3, 0.4) is 0 Å². The fourth-order valence-corrected chi connectivity index (χ4v) is 1.66. The number of halogens is 1. The Morgan fingerprint density at radius 1 is 1.28 bits per heavy atom. The molecule has 102 valence electrons. The highest BCUT2D eigenvalue weighted by molar-refractivity contribution is 6.30. The van der Waals surface area contributed by atoms with Crippen LogP contribution < -0.4 is 5.32 Å². The number of aliphatic hydroxyl groups is 1. The fourth-order valence-electron chi connectivity index (χ4n) is 1.53. The first-order valence-corrected chi connectivity index (χ1v) is 6.84. The molecule has 3 nitrogen and oxygen atoms in total. The van der Waals surface area contributed by atoms with Gasteiger partial charge >= 0.3 is 0 Å². The lowest BCUT2D eigenvalue weighted by Gasteiger charge is -2.12. The number of hydrogen-bond acceptors (Lipinski definition) is 3. The van der Waals surface area contributed by atoms with Crippen molar-refractivity contribution in [2.75, 3.05) is 26.3 Å². The van der Waals surface area contributed by atoms with E-state index < -0.39 is 6.10 Å². The highest BCUT2D eigenvalue weighted by Gasteiger charge is 2.06. The van der Waals surface area contributed by atoms with Gasteiger partial charge in [0.15, 0.2) is 0 Å². The largest absolute Gasteiger partial charge is 0.387 e. The van der Waals surface area contributed by atoms with Crippen LogP contribution in [0.1, 0.15) is 31.4 Å². The summed E-state index contributed by atoms with van der Waals surface area (Å²) < 4.78 is 5.42. The van der Waals surface area contributed by atoms with E-state index in [0.717, 1.165) is 31.6 Å². The van der Waals surface area contributed by atoms with E-state index in [-0.39, 0.29) is 0 Å². The zero-order chi connectivity index (χ0) is 13.2. The molecule has 0 amide bonds. The fraction of sp³-hybridized carbons (Fsp3) is 0.571. The summed E-state index contributed by atoms with van der Waals surface area (Å²) in [5.41, 5.74) is 0.874. The van der Waals surface area contributed by atoms with Gasteiger partial charge in [-0.05, 0) is 24.1 Å². The Morgan fingerprint density at radius 2 is 2.00 bits per heavy atom. The number of hydrogen-bond donors (Lipinski definition) is 2. The first-order chi connectivity index (χ1) is 8.74. The van der Waals surface area contributed by atoms with Crippen LogP contribution in [-0.2, 0) is 4.74 Å². The zero-order valence-electron chi connectivity index (χ0n) is 10.9. The van der Waals surface area contributed by atoms with Crippen LogP contribution in [0.2, 0.25) is 5.02 Å². The molecule has 0 bridgehead atoms. The summed E-state index contributed by atoms with van der Waals surface area (Å²) in [6.07, 6.45) is 1.76. The molecule has 2 N–H and O–H groups in total. The molecule has 4 heteroatoms. The summed E-state index contributed by atoms with van der Waals surface area (Å²) in [4.78, 5) is 0. The monoisotopic (exact) mass is 271 g/mol. The van der Waals surface area contributed by atoms with Crippen LogP contribution in [0, 0.1) is 0 Å². The Bertz CT molecular complexity index is 316. The first-order valence-electron chi connectivity index (χ1n) is 6.46. The van der Waals surface area contributed by atoms with E-state index in [1.54, 1.807) is 12.1 Å². The minimum absolute atomic E-state index is 0.502. The quantitative estimate of drug-likeness (QED) is 0.679. The lowest BCUT2D eigenvalue weighted by atomic mass is 10.1. The molecule has 1 rings (SSSR count). The van der Waals surface area contributed by atoms with Crippen molar-refractivity contribution in [1.82, 2.24) is 5.32 Å². The summed E-state index contributed by atoms with van der Waals surface area (Å²) in [7, 11) is 0. The molecule has 0 fully saturated rings. The molecule has 18 heavy (non-hydrogen) atoms. The van der Waals surface area contributed by atoms with Crippen molar-refractivity contribution in [2.24, 2.45) is 0 Å². The van der Waals surface area contributed by atoms with Gasteiger partial charge in [0.25, 0.3) is 0 Å². The zero-order valence-corrected chi connectivity index (χ0v) is 11.6. The summed E-state index contributed by atoms with van der Waals surface area (Å²) >= 11 is 5.79. The van der Waals surface area contributed by atoms with Crippen molar-refractivity contribution in [3.63, 3.8) is 0 Å². The van der Waals surface area contributed by atoms with E-state index in [0.29, 0.717) is 18.2 Å². The molecule has 0 heterocycles. The predicted molar refractivity (Wildman–Crippen MR) is 75.0 cm³/mol. The maximum absolute atomic E-state index is 9.91. The average molecular weight is 272 g/mol. The van der Waals surface area contributed by atoms with Gasteiger partial charge in [-0.3, -0.25) is 0 Å². The minimum Gasteiger partial charge on any atom is -0.387 e. The minimum atomic E-state index is -0.502. The molecule has 0 aromatic heterocycles. The van der Waals surface area contributed by atoms with Gasteiger partial charge in [-0.2, -0.15) is 0 Å². The van der Waals surface area contributed by atoms with Gasteiger partial charge in [-0.25, -0.2) is 0 Å². The Labute approximate surface area is 114 Å². The third-order valence-corrected chi connectivity index (χ3v) is 2.91. The van der Waals surface area contributed by atoms with Gasteiger partial charge in [0.2, 0.25) is 0 Å². The van der Waals surface area contributed by atoms with Crippen molar-refractivity contribution in [3.05, 3.63) is 34.9 Å². The SMILES string of the molecule is CCCCOCCNCC(O)c1ccc(Cl)cc1. The number of aliphatic hydroxyl groups excluding tert-OH is 1. The number of unbranched alkanes of at least 4 members (excludes halogenated alkanes) is 1. The predicted octanol–water partition coefficient (Wildman–Crippen LogP) is 2.78. The molecule has 0 saturated heterocycles. The second-order valence-corrected chi connectivity index (χ2v) is 4.67. The first kappa shape index (κ1) is 15.4. The van der Waals surface area contributed by atoms with Gasteiger partial charge in [-0.1, -0.05) is 37.1 Å². The van der Waals surface area contributed by atoms with E-state index in [2.05, 4.69) is 12.2 Å². The van der Waals surface area contributed by atoms with E-state index in [4.69, 9.17) is 16.3 Å². The van der Waals surface area contributed by atoms with Crippen LogP contribution in [0.15, 0.2) is 24.3 Å². The normalized spacial score (nSPS) is 12.6. The average Bonchev–Trinajstić information content (AvgIpc) is 2.38. The van der Waals surface area contributed by atoms with Gasteiger partial charge < -0.3 is 15.2 Å². The molecule has 0 aliphatic carbocycles. The van der Waals surface area contributed by atoms with Crippen molar-refractivity contribution in [1.29, 1.82) is 0 Å². The molecule has 1 unspecified atom stereocenters. The third-order valence-electron chi connectivity index (χ3n) is 2.66. The van der Waals surface area contributed by atoms with Gasteiger partial charge in [0.05, 0.1) is 12.7 Å². The lowest BCUT2D eigenvalue weighted by molar-refractivity contribution is 0.125. The molecular formula is C14H22ClNO2. The lowest BCUT2D eigenvalue weighted by Crippen LogP contribution is -2.25. The summed E-state index contributed by atoms with van der Waals surface area (Å²) in [5, 5.41) is 13.8. The molecule has 0 radical (unpaired) electrons. The summed E-state index contributed by atoms with van der Waals surface area (Å²) in [6.45, 7) is 4.93. The number of benzene rings is 1. The topological polar surface area (TPSA) is 41.5 Å². The van der Waals surface area contributed by atoms with Crippen LogP contribution in [0.5, 0.6) is 0 Å². The maximum atomic E-state index is 9.91. The molecule has 1 aromatic rings. The van der Waals surface area contributed by atoms with Crippen molar-refractivity contribution >= 4 is 11.6 Å². The Balaban J connectivity index is 2.10. The van der Waals surface area contributed by atoms with Crippen LogP contribution >= 0.6 is 11.6 Å². The van der Waals surface area contributed by atoms with E-state index >= 15 is 0 Å². The molecule has 1 aromatic carbocycles. The van der Waals surface area contributed by atoms with Crippen LogP contribution in [0.25, 0.3) is 0 Å².